The lowest BCUT2D eigenvalue weighted by Gasteiger charge is -2.18. The number of hydrogen-bond acceptors (Lipinski definition) is 7. The molecule has 0 fully saturated rings. The van der Waals surface area contributed by atoms with Gasteiger partial charge in [-0.15, -0.1) is 0 Å². The number of nitrogens with one attached hydrogen (secondary N) is 1. The number of carbonyl (C=O) groups is 3. The lowest BCUT2D eigenvalue weighted by molar-refractivity contribution is -0.145. The van der Waals surface area contributed by atoms with Crippen molar-refractivity contribution in [2.75, 3.05) is 13.7 Å². The van der Waals surface area contributed by atoms with Crippen molar-refractivity contribution in [2.24, 2.45) is 13.0 Å². The summed E-state index contributed by atoms with van der Waals surface area (Å²) in [4.78, 5) is 48.4. The van der Waals surface area contributed by atoms with Crippen molar-refractivity contribution >= 4 is 28.6 Å². The molecule has 0 radical (unpaired) electrons. The standard InChI is InChI=1S/C19H23N3O6/c1-11(2)9-14(18(25)27-4)20-15(23)10-28-19(26)16-12-7-5-6-8-13(12)17(24)22(3)21-16/h5-8,11,14H,9-10H2,1-4H3,(H,20,23). The van der Waals surface area contributed by atoms with E-state index in [2.05, 4.69) is 15.2 Å². The van der Waals surface area contributed by atoms with Crippen LogP contribution in [-0.4, -0.2) is 47.4 Å². The molecule has 0 aliphatic heterocycles. The minimum absolute atomic E-state index is 0.0720. The second-order valence-electron chi connectivity index (χ2n) is 6.67. The molecule has 1 aromatic carbocycles. The number of hydrogen-bond donors (Lipinski definition) is 1. The summed E-state index contributed by atoms with van der Waals surface area (Å²) in [7, 11) is 2.66. The van der Waals surface area contributed by atoms with Gasteiger partial charge in [-0.25, -0.2) is 14.3 Å². The van der Waals surface area contributed by atoms with Crippen LogP contribution in [0.4, 0.5) is 0 Å². The summed E-state index contributed by atoms with van der Waals surface area (Å²) in [5.74, 6) is -1.91. The van der Waals surface area contributed by atoms with Crippen LogP contribution in [0.2, 0.25) is 0 Å². The third-order valence-electron chi connectivity index (χ3n) is 4.01. The van der Waals surface area contributed by atoms with Gasteiger partial charge in [0.05, 0.1) is 12.5 Å². The van der Waals surface area contributed by atoms with Crippen LogP contribution in [0.15, 0.2) is 29.1 Å². The van der Waals surface area contributed by atoms with Gasteiger partial charge >= 0.3 is 11.9 Å². The van der Waals surface area contributed by atoms with Gasteiger partial charge in [-0.1, -0.05) is 32.0 Å². The molecule has 1 unspecified atom stereocenters. The first-order valence-corrected chi connectivity index (χ1v) is 8.75. The van der Waals surface area contributed by atoms with E-state index in [0.717, 1.165) is 4.68 Å². The highest BCUT2D eigenvalue weighted by molar-refractivity contribution is 6.02. The molecule has 9 nitrogen and oxygen atoms in total. The molecule has 1 amide bonds. The number of nitrogens with zero attached hydrogens (tertiary/aromatic N) is 2. The summed E-state index contributed by atoms with van der Waals surface area (Å²) in [6.07, 6.45) is 0.388. The first-order chi connectivity index (χ1) is 13.2. The van der Waals surface area contributed by atoms with E-state index in [1.54, 1.807) is 24.3 Å². The van der Waals surface area contributed by atoms with Gasteiger partial charge < -0.3 is 14.8 Å². The molecule has 28 heavy (non-hydrogen) atoms. The summed E-state index contributed by atoms with van der Waals surface area (Å²) in [5, 5.41) is 7.10. The average molecular weight is 389 g/mol. The fourth-order valence-corrected chi connectivity index (χ4v) is 2.71. The smallest absolute Gasteiger partial charge is 0.359 e. The summed E-state index contributed by atoms with van der Waals surface area (Å²) < 4.78 is 10.7. The highest BCUT2D eigenvalue weighted by atomic mass is 16.5. The first kappa shape index (κ1) is 21.1. The second-order valence-corrected chi connectivity index (χ2v) is 6.67. The van der Waals surface area contributed by atoms with Gasteiger partial charge in [0.15, 0.2) is 12.3 Å². The molecule has 2 aromatic rings. The molecule has 1 atom stereocenters. The van der Waals surface area contributed by atoms with Crippen LogP contribution in [0, 0.1) is 5.92 Å². The van der Waals surface area contributed by atoms with E-state index in [1.165, 1.54) is 14.2 Å². The third kappa shape index (κ3) is 4.93. The number of benzene rings is 1. The Kier molecular flexibility index (Phi) is 6.86. The van der Waals surface area contributed by atoms with Crippen LogP contribution >= 0.6 is 0 Å². The molecule has 1 aromatic heterocycles. The maximum atomic E-state index is 12.4. The molecule has 1 heterocycles. The topological polar surface area (TPSA) is 117 Å². The molecule has 0 spiro atoms. The van der Waals surface area contributed by atoms with E-state index >= 15 is 0 Å². The number of aromatic nitrogens is 2. The molecule has 150 valence electrons. The lowest BCUT2D eigenvalue weighted by Crippen LogP contribution is -2.44. The van der Waals surface area contributed by atoms with Crippen LogP contribution in [0.5, 0.6) is 0 Å². The zero-order chi connectivity index (χ0) is 20.8. The number of carbonyl (C=O) groups excluding carboxylic acids is 3. The Labute approximate surface area is 161 Å². The van der Waals surface area contributed by atoms with Crippen molar-refractivity contribution in [1.29, 1.82) is 0 Å². The molecular weight excluding hydrogens is 366 g/mol. The minimum atomic E-state index is -0.847. The quantitative estimate of drug-likeness (QED) is 0.696. The molecule has 0 saturated heterocycles. The Morgan fingerprint density at radius 2 is 1.82 bits per heavy atom. The molecule has 0 aliphatic rings. The fourth-order valence-electron chi connectivity index (χ4n) is 2.71. The molecule has 9 heteroatoms. The summed E-state index contributed by atoms with van der Waals surface area (Å²) in [6.45, 7) is 3.21. The number of aryl methyl sites for hydroxylation is 1. The van der Waals surface area contributed by atoms with Crippen molar-refractivity contribution in [3.63, 3.8) is 0 Å². The molecular formula is C19H23N3O6. The lowest BCUT2D eigenvalue weighted by atomic mass is 10.0. The van der Waals surface area contributed by atoms with Crippen LogP contribution in [0.3, 0.4) is 0 Å². The molecule has 2 rings (SSSR count). The normalized spacial score (nSPS) is 11.9. The van der Waals surface area contributed by atoms with Crippen LogP contribution in [-0.2, 0) is 26.1 Å². The van der Waals surface area contributed by atoms with Gasteiger partial charge in [-0.05, 0) is 18.4 Å². The van der Waals surface area contributed by atoms with E-state index in [9.17, 15) is 19.2 Å². The number of rotatable bonds is 7. The van der Waals surface area contributed by atoms with E-state index in [0.29, 0.717) is 17.2 Å². The Bertz CT molecular complexity index is 950. The van der Waals surface area contributed by atoms with Crippen molar-refractivity contribution in [1.82, 2.24) is 15.1 Å². The summed E-state index contributed by atoms with van der Waals surface area (Å²) in [5.41, 5.74) is -0.420. The van der Waals surface area contributed by atoms with Crippen molar-refractivity contribution in [3.8, 4) is 0 Å². The highest BCUT2D eigenvalue weighted by Crippen LogP contribution is 2.14. The van der Waals surface area contributed by atoms with Gasteiger partial charge in [-0.2, -0.15) is 5.10 Å². The Balaban J connectivity index is 2.11. The van der Waals surface area contributed by atoms with Crippen molar-refractivity contribution in [3.05, 3.63) is 40.3 Å². The number of fused-ring (bicyclic) bond motifs is 1. The second kappa shape index (κ2) is 9.12. The van der Waals surface area contributed by atoms with E-state index < -0.39 is 30.5 Å². The Morgan fingerprint density at radius 1 is 1.18 bits per heavy atom. The van der Waals surface area contributed by atoms with Crippen LogP contribution in [0.25, 0.3) is 10.8 Å². The van der Waals surface area contributed by atoms with Crippen molar-refractivity contribution in [2.45, 2.75) is 26.3 Å². The van der Waals surface area contributed by atoms with Crippen molar-refractivity contribution < 1.29 is 23.9 Å². The molecule has 1 N–H and O–H groups in total. The predicted octanol–water partition coefficient (Wildman–Crippen LogP) is 0.794. The predicted molar refractivity (Wildman–Crippen MR) is 101 cm³/mol. The fraction of sp³-hybridized carbons (Fsp3) is 0.421. The summed E-state index contributed by atoms with van der Waals surface area (Å²) >= 11 is 0. The first-order valence-electron chi connectivity index (χ1n) is 8.75. The average Bonchev–Trinajstić information content (AvgIpc) is 2.67. The van der Waals surface area contributed by atoms with E-state index in [1.807, 2.05) is 13.8 Å². The zero-order valence-corrected chi connectivity index (χ0v) is 16.2. The van der Waals surface area contributed by atoms with Gasteiger partial charge in [0, 0.05) is 12.4 Å². The largest absolute Gasteiger partial charge is 0.467 e. The molecule has 0 saturated carbocycles. The minimum Gasteiger partial charge on any atom is -0.467 e. The van der Waals surface area contributed by atoms with Gasteiger partial charge in [-0.3, -0.25) is 9.59 Å². The highest BCUT2D eigenvalue weighted by Gasteiger charge is 2.24. The summed E-state index contributed by atoms with van der Waals surface area (Å²) in [6, 6.07) is 5.67. The molecule has 0 bridgehead atoms. The Morgan fingerprint density at radius 3 is 2.43 bits per heavy atom. The van der Waals surface area contributed by atoms with E-state index in [4.69, 9.17) is 4.74 Å². The number of amides is 1. The third-order valence-corrected chi connectivity index (χ3v) is 4.01. The number of methoxy groups -OCH3 is 1. The van der Waals surface area contributed by atoms with Gasteiger partial charge in [0.25, 0.3) is 11.5 Å². The van der Waals surface area contributed by atoms with Crippen LogP contribution in [0.1, 0.15) is 30.8 Å². The maximum Gasteiger partial charge on any atom is 0.359 e. The van der Waals surface area contributed by atoms with Gasteiger partial charge in [0.1, 0.15) is 6.04 Å². The number of ether oxygens (including phenoxy) is 2. The zero-order valence-electron chi connectivity index (χ0n) is 16.2. The molecule has 0 aliphatic carbocycles. The van der Waals surface area contributed by atoms with Gasteiger partial charge in [0.2, 0.25) is 0 Å². The number of esters is 2. The monoisotopic (exact) mass is 389 g/mol. The Hall–Kier alpha value is -3.23. The maximum absolute atomic E-state index is 12.4. The van der Waals surface area contributed by atoms with Crippen LogP contribution < -0.4 is 10.9 Å². The SMILES string of the molecule is COC(=O)C(CC(C)C)NC(=O)COC(=O)c1nn(C)c(=O)c2ccccc12. The van der Waals surface area contributed by atoms with E-state index in [-0.39, 0.29) is 17.2 Å².